The lowest BCUT2D eigenvalue weighted by molar-refractivity contribution is -0.220. The predicted octanol–water partition coefficient (Wildman–Crippen LogP) is 2.15. The largest absolute Gasteiger partial charge is 0.350 e. The van der Waals surface area contributed by atoms with Gasteiger partial charge in [0.05, 0.1) is 13.2 Å². The SMILES string of the molecule is CCC(C)COC(C)(C)OCC(C)N. The maximum atomic E-state index is 5.65. The summed E-state index contributed by atoms with van der Waals surface area (Å²) >= 11 is 0. The van der Waals surface area contributed by atoms with Gasteiger partial charge in [0.25, 0.3) is 0 Å². The molecule has 0 radical (unpaired) electrons. The van der Waals surface area contributed by atoms with Crippen LogP contribution < -0.4 is 5.73 Å². The molecule has 14 heavy (non-hydrogen) atoms. The fraction of sp³-hybridized carbons (Fsp3) is 1.00. The lowest BCUT2D eigenvalue weighted by Crippen LogP contribution is -2.35. The summed E-state index contributed by atoms with van der Waals surface area (Å²) < 4.78 is 11.2. The lowest BCUT2D eigenvalue weighted by atomic mass is 10.1. The van der Waals surface area contributed by atoms with Crippen LogP contribution in [-0.2, 0) is 9.47 Å². The summed E-state index contributed by atoms with van der Waals surface area (Å²) in [5, 5.41) is 0. The molecule has 0 saturated carbocycles. The lowest BCUT2D eigenvalue weighted by Gasteiger charge is -2.28. The van der Waals surface area contributed by atoms with E-state index < -0.39 is 5.79 Å². The van der Waals surface area contributed by atoms with Crippen molar-refractivity contribution in [3.05, 3.63) is 0 Å². The second-order valence-corrected chi connectivity index (χ2v) is 4.51. The van der Waals surface area contributed by atoms with E-state index in [0.29, 0.717) is 12.5 Å². The van der Waals surface area contributed by atoms with Crippen molar-refractivity contribution in [2.24, 2.45) is 11.7 Å². The summed E-state index contributed by atoms with van der Waals surface area (Å²) in [5.74, 6) is 0.0602. The van der Waals surface area contributed by atoms with Crippen LogP contribution in [-0.4, -0.2) is 25.0 Å². The molecular formula is C11H25NO2. The van der Waals surface area contributed by atoms with Crippen LogP contribution in [0.25, 0.3) is 0 Å². The molecule has 0 aromatic heterocycles. The molecule has 2 atom stereocenters. The van der Waals surface area contributed by atoms with E-state index in [1.807, 2.05) is 20.8 Å². The third kappa shape index (κ3) is 7.30. The van der Waals surface area contributed by atoms with Gasteiger partial charge in [-0.2, -0.15) is 0 Å². The predicted molar refractivity (Wildman–Crippen MR) is 59.1 cm³/mol. The van der Waals surface area contributed by atoms with Crippen molar-refractivity contribution in [2.45, 2.75) is 52.9 Å². The summed E-state index contributed by atoms with van der Waals surface area (Å²) in [5.41, 5.74) is 5.60. The Balaban J connectivity index is 3.71. The smallest absolute Gasteiger partial charge is 0.162 e. The summed E-state index contributed by atoms with van der Waals surface area (Å²) in [7, 11) is 0. The minimum atomic E-state index is -0.517. The third-order valence-corrected chi connectivity index (χ3v) is 2.11. The average molecular weight is 203 g/mol. The Bertz CT molecular complexity index is 146. The second-order valence-electron chi connectivity index (χ2n) is 4.51. The maximum absolute atomic E-state index is 5.65. The summed E-state index contributed by atoms with van der Waals surface area (Å²) in [6, 6.07) is 0.0569. The molecule has 2 unspecified atom stereocenters. The van der Waals surface area contributed by atoms with E-state index in [4.69, 9.17) is 15.2 Å². The van der Waals surface area contributed by atoms with Crippen LogP contribution in [0.4, 0.5) is 0 Å². The van der Waals surface area contributed by atoms with E-state index in [1.165, 1.54) is 0 Å². The highest BCUT2D eigenvalue weighted by atomic mass is 16.7. The number of hydrogen-bond acceptors (Lipinski definition) is 3. The molecule has 0 aromatic carbocycles. The van der Waals surface area contributed by atoms with Gasteiger partial charge in [0.2, 0.25) is 0 Å². The van der Waals surface area contributed by atoms with Gasteiger partial charge in [-0.3, -0.25) is 0 Å². The first kappa shape index (κ1) is 13.9. The normalized spacial score (nSPS) is 16.7. The van der Waals surface area contributed by atoms with Gasteiger partial charge in [-0.15, -0.1) is 0 Å². The topological polar surface area (TPSA) is 44.5 Å². The number of rotatable bonds is 7. The monoisotopic (exact) mass is 203 g/mol. The van der Waals surface area contributed by atoms with Gasteiger partial charge in [-0.1, -0.05) is 20.3 Å². The van der Waals surface area contributed by atoms with Gasteiger partial charge in [0.1, 0.15) is 0 Å². The molecule has 0 spiro atoms. The van der Waals surface area contributed by atoms with E-state index in [2.05, 4.69) is 13.8 Å². The molecule has 0 aliphatic carbocycles. The molecule has 2 N–H and O–H groups in total. The van der Waals surface area contributed by atoms with Gasteiger partial charge in [-0.05, 0) is 26.7 Å². The molecule has 3 heteroatoms. The molecule has 0 heterocycles. The quantitative estimate of drug-likeness (QED) is 0.645. The van der Waals surface area contributed by atoms with Crippen molar-refractivity contribution in [3.63, 3.8) is 0 Å². The van der Waals surface area contributed by atoms with Crippen LogP contribution >= 0.6 is 0 Å². The molecular weight excluding hydrogens is 178 g/mol. The average Bonchev–Trinajstić information content (AvgIpc) is 2.11. The van der Waals surface area contributed by atoms with Crippen LogP contribution in [0.2, 0.25) is 0 Å². The summed E-state index contributed by atoms with van der Waals surface area (Å²) in [6.07, 6.45) is 1.13. The van der Waals surface area contributed by atoms with Crippen LogP contribution in [0, 0.1) is 5.92 Å². The van der Waals surface area contributed by atoms with Gasteiger partial charge >= 0.3 is 0 Å². The Morgan fingerprint density at radius 3 is 2.07 bits per heavy atom. The zero-order chi connectivity index (χ0) is 11.2. The van der Waals surface area contributed by atoms with Gasteiger partial charge in [0.15, 0.2) is 5.79 Å². The van der Waals surface area contributed by atoms with E-state index in [-0.39, 0.29) is 6.04 Å². The highest BCUT2D eigenvalue weighted by Crippen LogP contribution is 2.14. The fourth-order valence-electron chi connectivity index (χ4n) is 0.835. The van der Waals surface area contributed by atoms with E-state index in [0.717, 1.165) is 13.0 Å². The highest BCUT2D eigenvalue weighted by molar-refractivity contribution is 4.59. The second kappa shape index (κ2) is 6.38. The first-order chi connectivity index (χ1) is 6.37. The standard InChI is InChI=1S/C11H25NO2/c1-6-9(2)7-13-11(4,5)14-8-10(3)12/h9-10H,6-8,12H2,1-5H3. The number of hydrogen-bond donors (Lipinski definition) is 1. The summed E-state index contributed by atoms with van der Waals surface area (Å²) in [4.78, 5) is 0. The van der Waals surface area contributed by atoms with Gasteiger partial charge < -0.3 is 15.2 Å². The van der Waals surface area contributed by atoms with Crippen LogP contribution in [0.3, 0.4) is 0 Å². The van der Waals surface area contributed by atoms with Crippen LogP contribution in [0.15, 0.2) is 0 Å². The fourth-order valence-corrected chi connectivity index (χ4v) is 0.835. The Kier molecular flexibility index (Phi) is 6.33. The van der Waals surface area contributed by atoms with E-state index in [1.54, 1.807) is 0 Å². The van der Waals surface area contributed by atoms with E-state index in [9.17, 15) is 0 Å². The van der Waals surface area contributed by atoms with Crippen molar-refractivity contribution in [3.8, 4) is 0 Å². The Morgan fingerprint density at radius 2 is 1.64 bits per heavy atom. The molecule has 0 rings (SSSR count). The minimum Gasteiger partial charge on any atom is -0.350 e. The molecule has 86 valence electrons. The van der Waals surface area contributed by atoms with Crippen LogP contribution in [0.1, 0.15) is 41.0 Å². The Labute approximate surface area is 88.0 Å². The zero-order valence-corrected chi connectivity index (χ0v) is 10.2. The summed E-state index contributed by atoms with van der Waals surface area (Å²) in [6.45, 7) is 11.4. The Hall–Kier alpha value is -0.120. The first-order valence-corrected chi connectivity index (χ1v) is 5.41. The van der Waals surface area contributed by atoms with Crippen molar-refractivity contribution in [1.82, 2.24) is 0 Å². The number of nitrogens with two attached hydrogens (primary N) is 1. The van der Waals surface area contributed by atoms with Crippen molar-refractivity contribution >= 4 is 0 Å². The third-order valence-electron chi connectivity index (χ3n) is 2.11. The van der Waals surface area contributed by atoms with Gasteiger partial charge in [-0.25, -0.2) is 0 Å². The van der Waals surface area contributed by atoms with E-state index >= 15 is 0 Å². The Morgan fingerprint density at radius 1 is 1.14 bits per heavy atom. The molecule has 3 nitrogen and oxygen atoms in total. The van der Waals surface area contributed by atoms with Crippen molar-refractivity contribution in [2.75, 3.05) is 13.2 Å². The molecule has 0 bridgehead atoms. The molecule has 0 amide bonds. The van der Waals surface area contributed by atoms with Gasteiger partial charge in [0, 0.05) is 6.04 Å². The molecule has 0 aliphatic heterocycles. The zero-order valence-electron chi connectivity index (χ0n) is 10.2. The highest BCUT2D eigenvalue weighted by Gasteiger charge is 2.20. The molecule has 0 aromatic rings. The van der Waals surface area contributed by atoms with Crippen molar-refractivity contribution in [1.29, 1.82) is 0 Å². The number of ether oxygens (including phenoxy) is 2. The van der Waals surface area contributed by atoms with Crippen molar-refractivity contribution < 1.29 is 9.47 Å². The maximum Gasteiger partial charge on any atom is 0.162 e. The minimum absolute atomic E-state index is 0.0569. The van der Waals surface area contributed by atoms with Crippen LogP contribution in [0.5, 0.6) is 0 Å². The molecule has 0 fully saturated rings. The molecule has 0 saturated heterocycles. The molecule has 0 aliphatic rings. The first-order valence-electron chi connectivity index (χ1n) is 5.41.